The molecule has 0 spiro atoms. The third-order valence-corrected chi connectivity index (χ3v) is 7.07. The van der Waals surface area contributed by atoms with Crippen LogP contribution in [0.5, 0.6) is 0 Å². The summed E-state index contributed by atoms with van der Waals surface area (Å²) < 4.78 is 0.951. The number of hydrogen-bond donors (Lipinski definition) is 1. The first kappa shape index (κ1) is 27.7. The Hall–Kier alpha value is -2.92. The van der Waals surface area contributed by atoms with Crippen molar-refractivity contribution in [3.63, 3.8) is 0 Å². The van der Waals surface area contributed by atoms with Crippen molar-refractivity contribution in [2.24, 2.45) is 0 Å². The fourth-order valence-electron chi connectivity index (χ4n) is 4.16. The molecule has 0 aliphatic rings. The summed E-state index contributed by atoms with van der Waals surface area (Å²) in [7, 11) is 0. The molecule has 4 nitrogen and oxygen atoms in total. The van der Waals surface area contributed by atoms with Gasteiger partial charge in [0.05, 0.1) is 0 Å². The molecule has 3 aromatic carbocycles. The Balaban J connectivity index is 1.89. The van der Waals surface area contributed by atoms with E-state index in [4.69, 9.17) is 0 Å². The fraction of sp³-hybridized carbons (Fsp3) is 0.355. The first-order valence-corrected chi connectivity index (χ1v) is 13.6. The molecule has 3 rings (SSSR count). The minimum absolute atomic E-state index is 0.0187. The first-order valence-electron chi connectivity index (χ1n) is 12.9. The number of halogens is 1. The third kappa shape index (κ3) is 8.34. The van der Waals surface area contributed by atoms with Gasteiger partial charge >= 0.3 is 0 Å². The standard InChI is InChI=1S/C31H37BrN2O2/c1-4-23(3)33-31(36)29(21-26-10-7-6-8-11-26)34(22-27-12-9-13-28(32)20-27)30(35)19-18-25-16-14-24(5-2)15-17-25/h6-17,20,23,29H,4-5,18-19,21-22H2,1-3H3,(H,33,36)/t23-,29+/m1/s1. The zero-order valence-electron chi connectivity index (χ0n) is 21.5. The Morgan fingerprint density at radius 2 is 1.53 bits per heavy atom. The zero-order chi connectivity index (χ0) is 25.9. The van der Waals surface area contributed by atoms with E-state index in [0.29, 0.717) is 25.8 Å². The average Bonchev–Trinajstić information content (AvgIpc) is 2.90. The quantitative estimate of drug-likeness (QED) is 0.281. The molecule has 0 heterocycles. The van der Waals surface area contributed by atoms with Crippen molar-refractivity contribution in [1.82, 2.24) is 10.2 Å². The maximum Gasteiger partial charge on any atom is 0.243 e. The van der Waals surface area contributed by atoms with Gasteiger partial charge < -0.3 is 10.2 Å². The molecular weight excluding hydrogens is 512 g/mol. The molecule has 0 aromatic heterocycles. The number of amides is 2. The normalized spacial score (nSPS) is 12.6. The predicted octanol–water partition coefficient (Wildman–Crippen LogP) is 6.50. The predicted molar refractivity (Wildman–Crippen MR) is 151 cm³/mol. The number of nitrogens with one attached hydrogen (secondary N) is 1. The largest absolute Gasteiger partial charge is 0.352 e. The number of carbonyl (C=O) groups is 2. The lowest BCUT2D eigenvalue weighted by molar-refractivity contribution is -0.141. The van der Waals surface area contributed by atoms with Crippen molar-refractivity contribution in [3.8, 4) is 0 Å². The van der Waals surface area contributed by atoms with Crippen LogP contribution in [0.3, 0.4) is 0 Å². The van der Waals surface area contributed by atoms with E-state index in [0.717, 1.165) is 34.0 Å². The van der Waals surface area contributed by atoms with Crippen LogP contribution in [0.15, 0.2) is 83.3 Å². The summed E-state index contributed by atoms with van der Waals surface area (Å²) in [6.07, 6.45) is 3.28. The second kappa shape index (κ2) is 14.0. The van der Waals surface area contributed by atoms with E-state index in [1.165, 1.54) is 5.56 Å². The Kier molecular flexibility index (Phi) is 10.7. The van der Waals surface area contributed by atoms with Gasteiger partial charge in [-0.2, -0.15) is 0 Å². The number of aryl methyl sites for hydroxylation is 2. The third-order valence-electron chi connectivity index (χ3n) is 6.57. The molecule has 0 unspecified atom stereocenters. The van der Waals surface area contributed by atoms with Gasteiger partial charge in [0.25, 0.3) is 0 Å². The van der Waals surface area contributed by atoms with Gasteiger partial charge in [-0.05, 0) is 60.6 Å². The van der Waals surface area contributed by atoms with Crippen LogP contribution in [0, 0.1) is 0 Å². The highest BCUT2D eigenvalue weighted by molar-refractivity contribution is 9.10. The van der Waals surface area contributed by atoms with E-state index in [-0.39, 0.29) is 17.9 Å². The summed E-state index contributed by atoms with van der Waals surface area (Å²) in [5.74, 6) is -0.126. The monoisotopic (exact) mass is 548 g/mol. The molecule has 5 heteroatoms. The molecule has 0 aliphatic carbocycles. The lowest BCUT2D eigenvalue weighted by Gasteiger charge is -2.32. The number of hydrogen-bond acceptors (Lipinski definition) is 2. The van der Waals surface area contributed by atoms with E-state index >= 15 is 0 Å². The zero-order valence-corrected chi connectivity index (χ0v) is 23.1. The SMILES string of the molecule is CCc1ccc(CCC(=O)N(Cc2cccc(Br)c2)[C@@H](Cc2ccccc2)C(=O)N[C@H](C)CC)cc1. The minimum atomic E-state index is -0.602. The van der Waals surface area contributed by atoms with Gasteiger partial charge in [0.15, 0.2) is 0 Å². The molecule has 1 N–H and O–H groups in total. The van der Waals surface area contributed by atoms with Crippen molar-refractivity contribution in [2.75, 3.05) is 0 Å². The van der Waals surface area contributed by atoms with Crippen LogP contribution in [0.2, 0.25) is 0 Å². The van der Waals surface area contributed by atoms with Crippen LogP contribution in [0.4, 0.5) is 0 Å². The summed E-state index contributed by atoms with van der Waals surface area (Å²) >= 11 is 3.54. The van der Waals surface area contributed by atoms with Crippen molar-refractivity contribution in [2.45, 2.75) is 71.5 Å². The summed E-state index contributed by atoms with van der Waals surface area (Å²) in [5.41, 5.74) is 4.43. The van der Waals surface area contributed by atoms with E-state index in [2.05, 4.69) is 52.4 Å². The Bertz CT molecular complexity index is 1110. The van der Waals surface area contributed by atoms with Crippen LogP contribution < -0.4 is 5.32 Å². The molecule has 0 fully saturated rings. The van der Waals surface area contributed by atoms with Gasteiger partial charge in [0.1, 0.15) is 6.04 Å². The summed E-state index contributed by atoms with van der Waals surface area (Å²) in [6.45, 7) is 6.55. The van der Waals surface area contributed by atoms with Crippen LogP contribution in [0.1, 0.15) is 55.9 Å². The average molecular weight is 550 g/mol. The molecule has 0 radical (unpaired) electrons. The highest BCUT2D eigenvalue weighted by Crippen LogP contribution is 2.19. The summed E-state index contributed by atoms with van der Waals surface area (Å²) in [5, 5.41) is 3.13. The van der Waals surface area contributed by atoms with E-state index in [1.54, 1.807) is 4.90 Å². The van der Waals surface area contributed by atoms with Gasteiger partial charge in [-0.1, -0.05) is 96.5 Å². The number of carbonyl (C=O) groups excluding carboxylic acids is 2. The molecule has 0 aliphatic heterocycles. The van der Waals surface area contributed by atoms with Gasteiger partial charge in [-0.3, -0.25) is 9.59 Å². The number of benzene rings is 3. The Morgan fingerprint density at radius 3 is 2.17 bits per heavy atom. The van der Waals surface area contributed by atoms with Crippen molar-refractivity contribution < 1.29 is 9.59 Å². The van der Waals surface area contributed by atoms with Gasteiger partial charge in [0.2, 0.25) is 11.8 Å². The van der Waals surface area contributed by atoms with Gasteiger partial charge in [-0.15, -0.1) is 0 Å². The molecule has 0 saturated carbocycles. The molecule has 36 heavy (non-hydrogen) atoms. The molecule has 3 aromatic rings. The van der Waals surface area contributed by atoms with Crippen molar-refractivity contribution in [1.29, 1.82) is 0 Å². The van der Waals surface area contributed by atoms with Crippen LogP contribution in [-0.2, 0) is 35.4 Å². The van der Waals surface area contributed by atoms with Crippen molar-refractivity contribution >= 4 is 27.7 Å². The molecule has 0 saturated heterocycles. The fourth-order valence-corrected chi connectivity index (χ4v) is 4.61. The second-order valence-corrected chi connectivity index (χ2v) is 10.3. The molecule has 0 bridgehead atoms. The molecule has 2 atom stereocenters. The Morgan fingerprint density at radius 1 is 0.861 bits per heavy atom. The highest BCUT2D eigenvalue weighted by atomic mass is 79.9. The molecular formula is C31H37BrN2O2. The van der Waals surface area contributed by atoms with Crippen LogP contribution >= 0.6 is 15.9 Å². The maximum atomic E-state index is 13.8. The number of rotatable bonds is 12. The maximum absolute atomic E-state index is 13.8. The van der Waals surface area contributed by atoms with E-state index in [1.807, 2.05) is 68.4 Å². The Labute approximate surface area is 224 Å². The van der Waals surface area contributed by atoms with Crippen LogP contribution in [0.25, 0.3) is 0 Å². The van der Waals surface area contributed by atoms with E-state index in [9.17, 15) is 9.59 Å². The highest BCUT2D eigenvalue weighted by Gasteiger charge is 2.30. The molecule has 190 valence electrons. The van der Waals surface area contributed by atoms with Gasteiger partial charge in [-0.25, -0.2) is 0 Å². The lowest BCUT2D eigenvalue weighted by Crippen LogP contribution is -2.52. The van der Waals surface area contributed by atoms with E-state index < -0.39 is 6.04 Å². The summed E-state index contributed by atoms with van der Waals surface area (Å²) in [4.78, 5) is 29.1. The van der Waals surface area contributed by atoms with Gasteiger partial charge in [0, 0.05) is 29.9 Å². The van der Waals surface area contributed by atoms with Crippen LogP contribution in [-0.4, -0.2) is 28.8 Å². The number of nitrogens with zero attached hydrogens (tertiary/aromatic N) is 1. The summed E-state index contributed by atoms with van der Waals surface area (Å²) in [6, 6.07) is 25.8. The smallest absolute Gasteiger partial charge is 0.243 e. The first-order chi connectivity index (χ1) is 17.4. The van der Waals surface area contributed by atoms with Crippen molar-refractivity contribution in [3.05, 3.63) is 106 Å². The second-order valence-electron chi connectivity index (χ2n) is 9.35. The topological polar surface area (TPSA) is 49.4 Å². The molecule has 2 amide bonds. The minimum Gasteiger partial charge on any atom is -0.352 e. The lowest BCUT2D eigenvalue weighted by atomic mass is 10.0.